The molecule has 0 spiro atoms. The van der Waals surface area contributed by atoms with Crippen molar-refractivity contribution in [1.82, 2.24) is 29.9 Å². The van der Waals surface area contributed by atoms with Crippen LogP contribution in [-0.4, -0.2) is 29.9 Å². The maximum absolute atomic E-state index is 4.48. The number of pyridine rings is 6. The Hall–Kier alpha value is -10.0. The Morgan fingerprint density at radius 1 is 0.151 bits per heavy atom. The van der Waals surface area contributed by atoms with E-state index in [1.165, 1.54) is 49.0 Å². The van der Waals surface area contributed by atoms with E-state index in [1.807, 2.05) is 219 Å². The minimum absolute atomic E-state index is 0. The summed E-state index contributed by atoms with van der Waals surface area (Å²) in [7, 11) is 0. The third-order valence-corrected chi connectivity index (χ3v) is 13.4. The molecule has 420 valence electrons. The molecule has 15 aromatic rings. The van der Waals surface area contributed by atoms with E-state index in [0.29, 0.717) is 0 Å². The SMILES string of the molecule is [Ir].[Ir].c1ccc(-c2ccccn2)cc1.c1ccc(-c2ccccn2)cc1.c1ccc(-c2ccccn2)cc1.c1ccc(-c2nccc3ccccc23)cc1.c1ccc(-c2nccc3ccccc23)cc1.c1ccc(-c2nccc3ccccc23)cc1. The van der Waals surface area contributed by atoms with Crippen LogP contribution in [0.25, 0.3) is 99.9 Å². The van der Waals surface area contributed by atoms with Gasteiger partial charge in [-0.25, -0.2) is 0 Å². The van der Waals surface area contributed by atoms with Gasteiger partial charge in [-0.1, -0.05) is 273 Å². The predicted octanol–water partition coefficient (Wildman–Crippen LogP) is 19.9. The van der Waals surface area contributed by atoms with Gasteiger partial charge >= 0.3 is 0 Å². The molecule has 86 heavy (non-hydrogen) atoms. The van der Waals surface area contributed by atoms with Gasteiger partial charge in [0.25, 0.3) is 0 Å². The van der Waals surface area contributed by atoms with Gasteiger partial charge in [0.05, 0.1) is 34.2 Å². The van der Waals surface area contributed by atoms with E-state index in [1.54, 1.807) is 0 Å². The topological polar surface area (TPSA) is 77.3 Å². The Morgan fingerprint density at radius 2 is 0.360 bits per heavy atom. The molecule has 0 fully saturated rings. The smallest absolute Gasteiger partial charge is 0.0780 e. The van der Waals surface area contributed by atoms with Crippen molar-refractivity contribution < 1.29 is 40.2 Å². The van der Waals surface area contributed by atoms with E-state index in [-0.39, 0.29) is 40.2 Å². The molecule has 0 aliphatic rings. The van der Waals surface area contributed by atoms with Gasteiger partial charge in [-0.05, 0) is 70.8 Å². The van der Waals surface area contributed by atoms with Gasteiger partial charge in [0.1, 0.15) is 0 Å². The van der Waals surface area contributed by atoms with Crippen LogP contribution in [0.2, 0.25) is 0 Å². The second-order valence-corrected chi connectivity index (χ2v) is 19.0. The zero-order chi connectivity index (χ0) is 57.1. The molecule has 0 amide bonds. The quantitative estimate of drug-likeness (QED) is 0.165. The molecule has 9 aromatic carbocycles. The van der Waals surface area contributed by atoms with Crippen molar-refractivity contribution in [3.8, 4) is 67.5 Å². The molecular weight excluding hydrogens is 1410 g/mol. The van der Waals surface area contributed by atoms with Crippen molar-refractivity contribution in [2.75, 3.05) is 0 Å². The van der Waals surface area contributed by atoms with Crippen LogP contribution in [0.15, 0.2) is 365 Å². The summed E-state index contributed by atoms with van der Waals surface area (Å²) in [5, 5.41) is 7.31. The molecule has 6 nitrogen and oxygen atoms in total. The predicted molar refractivity (Wildman–Crippen MR) is 351 cm³/mol. The van der Waals surface area contributed by atoms with Crippen molar-refractivity contribution in [3.05, 3.63) is 365 Å². The molecule has 0 bridgehead atoms. The van der Waals surface area contributed by atoms with Crippen molar-refractivity contribution in [1.29, 1.82) is 0 Å². The number of benzene rings is 9. The minimum Gasteiger partial charge on any atom is -0.256 e. The molecule has 8 heteroatoms. The molecule has 0 aliphatic heterocycles. The van der Waals surface area contributed by atoms with Gasteiger partial charge < -0.3 is 0 Å². The Morgan fingerprint density at radius 3 is 0.593 bits per heavy atom. The Bertz CT molecular complexity index is 3750. The van der Waals surface area contributed by atoms with E-state index in [2.05, 4.69) is 175 Å². The van der Waals surface area contributed by atoms with Crippen LogP contribution in [-0.2, 0) is 40.2 Å². The number of nitrogens with zero attached hydrogens (tertiary/aromatic N) is 6. The zero-order valence-electron chi connectivity index (χ0n) is 47.0. The maximum atomic E-state index is 4.48. The zero-order valence-corrected chi connectivity index (χ0v) is 51.8. The molecule has 0 unspecified atom stereocenters. The average molecular weight is 1470 g/mol. The van der Waals surface area contributed by atoms with E-state index >= 15 is 0 Å². The van der Waals surface area contributed by atoms with Crippen molar-refractivity contribution in [2.45, 2.75) is 0 Å². The molecule has 0 saturated carbocycles. The van der Waals surface area contributed by atoms with Crippen LogP contribution in [0, 0.1) is 0 Å². The molecule has 0 saturated heterocycles. The van der Waals surface area contributed by atoms with Crippen LogP contribution < -0.4 is 0 Å². The first kappa shape index (κ1) is 62.0. The summed E-state index contributed by atoms with van der Waals surface area (Å²) in [5.41, 5.74) is 13.2. The van der Waals surface area contributed by atoms with E-state index < -0.39 is 0 Å². The van der Waals surface area contributed by atoms with Crippen LogP contribution in [0.4, 0.5) is 0 Å². The van der Waals surface area contributed by atoms with Crippen LogP contribution >= 0.6 is 0 Å². The van der Waals surface area contributed by atoms with Crippen LogP contribution in [0.5, 0.6) is 0 Å². The minimum atomic E-state index is 0. The molecule has 2 radical (unpaired) electrons. The number of hydrogen-bond acceptors (Lipinski definition) is 6. The van der Waals surface area contributed by atoms with Gasteiger partial charge in [0.15, 0.2) is 0 Å². The fourth-order valence-corrected chi connectivity index (χ4v) is 9.26. The second-order valence-electron chi connectivity index (χ2n) is 19.0. The Balaban J connectivity index is 0.000000134. The van der Waals surface area contributed by atoms with E-state index in [0.717, 1.165) is 50.9 Å². The number of aromatic nitrogens is 6. The van der Waals surface area contributed by atoms with Crippen LogP contribution in [0.3, 0.4) is 0 Å². The standard InChI is InChI=1S/3C15H11N.3C11H9N.2Ir/c3*1-2-7-13(8-3-1)15-14-9-5-4-6-12(14)10-11-16-15;3*1-2-6-10(7-3-1)11-8-4-5-9-12-11;;/h3*1-11H;3*1-9H;;. The van der Waals surface area contributed by atoms with Gasteiger partial charge in [-0.2, -0.15) is 0 Å². The van der Waals surface area contributed by atoms with Crippen molar-refractivity contribution in [2.24, 2.45) is 0 Å². The number of hydrogen-bond donors (Lipinski definition) is 0. The monoisotopic (exact) mass is 1470 g/mol. The van der Waals surface area contributed by atoms with E-state index in [9.17, 15) is 0 Å². The largest absolute Gasteiger partial charge is 0.256 e. The Labute approximate surface area is 530 Å². The molecule has 6 heterocycles. The average Bonchev–Trinajstić information content (AvgIpc) is 3.34. The molecule has 6 aromatic heterocycles. The fraction of sp³-hybridized carbons (Fsp3) is 0. The third-order valence-electron chi connectivity index (χ3n) is 13.4. The first-order valence-electron chi connectivity index (χ1n) is 27.8. The number of rotatable bonds is 6. The van der Waals surface area contributed by atoms with Gasteiger partial charge in [-0.3, -0.25) is 29.9 Å². The summed E-state index contributed by atoms with van der Waals surface area (Å²) in [5.74, 6) is 0. The van der Waals surface area contributed by atoms with Gasteiger partial charge in [0, 0.05) is 127 Å². The summed E-state index contributed by atoms with van der Waals surface area (Å²) in [6, 6.07) is 110. The summed E-state index contributed by atoms with van der Waals surface area (Å²) >= 11 is 0. The summed E-state index contributed by atoms with van der Waals surface area (Å²) < 4.78 is 0. The molecule has 15 rings (SSSR count). The first-order chi connectivity index (χ1) is 41.7. The summed E-state index contributed by atoms with van der Waals surface area (Å²) in [4.78, 5) is 26.2. The molecular formula is C78H60Ir2N6. The number of fused-ring (bicyclic) bond motifs is 3. The fourth-order valence-electron chi connectivity index (χ4n) is 9.26. The van der Waals surface area contributed by atoms with Gasteiger partial charge in [0.2, 0.25) is 0 Å². The second kappa shape index (κ2) is 33.9. The van der Waals surface area contributed by atoms with Crippen molar-refractivity contribution in [3.63, 3.8) is 0 Å². The molecule has 0 N–H and O–H groups in total. The normalized spacial score (nSPS) is 9.91. The third kappa shape index (κ3) is 17.7. The Kier molecular flexibility index (Phi) is 24.5. The summed E-state index contributed by atoms with van der Waals surface area (Å²) in [6.07, 6.45) is 11.0. The van der Waals surface area contributed by atoms with Crippen LogP contribution in [0.1, 0.15) is 0 Å². The molecule has 0 aliphatic carbocycles. The van der Waals surface area contributed by atoms with Gasteiger partial charge in [-0.15, -0.1) is 0 Å². The van der Waals surface area contributed by atoms with Crippen molar-refractivity contribution >= 4 is 32.3 Å². The molecule has 0 atom stereocenters. The first-order valence-corrected chi connectivity index (χ1v) is 27.8. The van der Waals surface area contributed by atoms with E-state index in [4.69, 9.17) is 0 Å². The maximum Gasteiger partial charge on any atom is 0.0780 e. The summed E-state index contributed by atoms with van der Waals surface area (Å²) in [6.45, 7) is 0.